The van der Waals surface area contributed by atoms with Gasteiger partial charge in [-0.05, 0) is 36.1 Å². The minimum atomic E-state index is -0.271. The molecular weight excluding hydrogens is 183 g/mol. The van der Waals surface area contributed by atoms with Crippen LogP contribution < -0.4 is 0 Å². The molecule has 0 aliphatic carbocycles. The van der Waals surface area contributed by atoms with Gasteiger partial charge in [-0.3, -0.25) is 0 Å². The Bertz CT molecular complexity index is 319. The van der Waals surface area contributed by atoms with E-state index in [0.717, 1.165) is 30.6 Å². The average Bonchev–Trinajstić information content (AvgIpc) is 2.70. The molecule has 1 saturated heterocycles. The van der Waals surface area contributed by atoms with E-state index >= 15 is 0 Å². The second-order valence-corrected chi connectivity index (χ2v) is 3.50. The Balaban J connectivity index is 2.33. The van der Waals surface area contributed by atoms with Crippen LogP contribution in [-0.4, -0.2) is 11.7 Å². The Morgan fingerprint density at radius 1 is 1.50 bits per heavy atom. The van der Waals surface area contributed by atoms with Crippen LogP contribution in [0.25, 0.3) is 0 Å². The van der Waals surface area contributed by atoms with Gasteiger partial charge >= 0.3 is 0 Å². The molecule has 76 valence electrons. The van der Waals surface area contributed by atoms with Gasteiger partial charge in [-0.1, -0.05) is 6.07 Å². The zero-order chi connectivity index (χ0) is 9.97. The van der Waals surface area contributed by atoms with Crippen LogP contribution in [0.3, 0.4) is 0 Å². The van der Waals surface area contributed by atoms with Crippen molar-refractivity contribution in [2.24, 2.45) is 0 Å². The van der Waals surface area contributed by atoms with Gasteiger partial charge in [0.05, 0.1) is 12.7 Å². The van der Waals surface area contributed by atoms with E-state index in [1.54, 1.807) is 6.07 Å². The summed E-state index contributed by atoms with van der Waals surface area (Å²) in [5.74, 6) is -0.271. The SMILES string of the molecule is OCc1ccc(F)cc1C1CCCO1. The van der Waals surface area contributed by atoms with Crippen molar-refractivity contribution in [3.63, 3.8) is 0 Å². The molecule has 14 heavy (non-hydrogen) atoms. The first-order chi connectivity index (χ1) is 6.81. The lowest BCUT2D eigenvalue weighted by molar-refractivity contribution is 0.109. The Morgan fingerprint density at radius 3 is 3.00 bits per heavy atom. The van der Waals surface area contributed by atoms with Crippen molar-refractivity contribution < 1.29 is 14.2 Å². The van der Waals surface area contributed by atoms with Crippen molar-refractivity contribution in [2.75, 3.05) is 6.61 Å². The molecule has 1 aliphatic rings. The highest BCUT2D eigenvalue weighted by Gasteiger charge is 2.20. The third-order valence-electron chi connectivity index (χ3n) is 2.55. The molecule has 1 unspecified atom stereocenters. The van der Waals surface area contributed by atoms with E-state index in [9.17, 15) is 4.39 Å². The molecule has 1 N–H and O–H groups in total. The lowest BCUT2D eigenvalue weighted by atomic mass is 10.0. The van der Waals surface area contributed by atoms with E-state index in [1.807, 2.05) is 0 Å². The Kier molecular flexibility index (Phi) is 2.79. The van der Waals surface area contributed by atoms with E-state index in [2.05, 4.69) is 0 Å². The number of aliphatic hydroxyl groups is 1. The molecule has 1 aromatic carbocycles. The quantitative estimate of drug-likeness (QED) is 0.785. The maximum Gasteiger partial charge on any atom is 0.123 e. The number of halogens is 1. The molecule has 1 heterocycles. The Morgan fingerprint density at radius 2 is 2.36 bits per heavy atom. The van der Waals surface area contributed by atoms with E-state index in [0.29, 0.717) is 0 Å². The first kappa shape index (κ1) is 9.62. The van der Waals surface area contributed by atoms with Crippen molar-refractivity contribution >= 4 is 0 Å². The fourth-order valence-electron chi connectivity index (χ4n) is 1.83. The Labute approximate surface area is 82.3 Å². The standard InChI is InChI=1S/C11H13FO2/c12-9-4-3-8(7-13)10(6-9)11-2-1-5-14-11/h3-4,6,11,13H,1-2,5,7H2. The fraction of sp³-hybridized carbons (Fsp3) is 0.455. The van der Waals surface area contributed by atoms with Gasteiger partial charge in [0.1, 0.15) is 5.82 Å². The van der Waals surface area contributed by atoms with Crippen LogP contribution in [0, 0.1) is 5.82 Å². The predicted molar refractivity (Wildman–Crippen MR) is 50.2 cm³/mol. The summed E-state index contributed by atoms with van der Waals surface area (Å²) in [6.45, 7) is 0.668. The normalized spacial score (nSPS) is 21.4. The first-order valence-electron chi connectivity index (χ1n) is 4.82. The highest BCUT2D eigenvalue weighted by molar-refractivity contribution is 5.29. The lowest BCUT2D eigenvalue weighted by Gasteiger charge is -2.13. The molecule has 0 aromatic heterocycles. The summed E-state index contributed by atoms with van der Waals surface area (Å²) >= 11 is 0. The second kappa shape index (κ2) is 4.07. The largest absolute Gasteiger partial charge is 0.392 e. The number of rotatable bonds is 2. The molecule has 2 nitrogen and oxygen atoms in total. The van der Waals surface area contributed by atoms with Crippen LogP contribution >= 0.6 is 0 Å². The van der Waals surface area contributed by atoms with Gasteiger partial charge in [-0.15, -0.1) is 0 Å². The van der Waals surface area contributed by atoms with Gasteiger partial charge in [0.2, 0.25) is 0 Å². The van der Waals surface area contributed by atoms with Crippen LogP contribution in [0.5, 0.6) is 0 Å². The molecule has 0 saturated carbocycles. The molecule has 0 amide bonds. The second-order valence-electron chi connectivity index (χ2n) is 3.50. The van der Waals surface area contributed by atoms with Crippen molar-refractivity contribution in [1.82, 2.24) is 0 Å². The maximum atomic E-state index is 13.0. The van der Waals surface area contributed by atoms with Gasteiger partial charge in [0, 0.05) is 6.61 Å². The van der Waals surface area contributed by atoms with Crippen molar-refractivity contribution in [3.8, 4) is 0 Å². The summed E-state index contributed by atoms with van der Waals surface area (Å²) in [6.07, 6.45) is 1.88. The zero-order valence-electron chi connectivity index (χ0n) is 7.87. The van der Waals surface area contributed by atoms with Crippen molar-refractivity contribution in [1.29, 1.82) is 0 Å². The van der Waals surface area contributed by atoms with Gasteiger partial charge in [0.15, 0.2) is 0 Å². The van der Waals surface area contributed by atoms with Crippen molar-refractivity contribution in [3.05, 3.63) is 35.1 Å². The van der Waals surface area contributed by atoms with Crippen LogP contribution in [0.1, 0.15) is 30.1 Å². The van der Waals surface area contributed by atoms with Gasteiger partial charge in [-0.2, -0.15) is 0 Å². The highest BCUT2D eigenvalue weighted by Crippen LogP contribution is 2.31. The number of benzene rings is 1. The summed E-state index contributed by atoms with van der Waals surface area (Å²) in [4.78, 5) is 0. The molecule has 1 fully saturated rings. The molecule has 0 radical (unpaired) electrons. The zero-order valence-corrected chi connectivity index (χ0v) is 7.87. The topological polar surface area (TPSA) is 29.5 Å². The summed E-state index contributed by atoms with van der Waals surface area (Å²) in [7, 11) is 0. The summed E-state index contributed by atoms with van der Waals surface area (Å²) in [5, 5.41) is 9.09. The summed E-state index contributed by atoms with van der Waals surface area (Å²) in [5.41, 5.74) is 1.56. The predicted octanol–water partition coefficient (Wildman–Crippen LogP) is 2.17. The minimum Gasteiger partial charge on any atom is -0.392 e. The molecule has 1 atom stereocenters. The molecule has 1 aromatic rings. The minimum absolute atomic E-state index is 0.0344. The number of ether oxygens (including phenoxy) is 1. The van der Waals surface area contributed by atoms with Crippen LogP contribution in [0.4, 0.5) is 4.39 Å². The van der Waals surface area contributed by atoms with Crippen molar-refractivity contribution in [2.45, 2.75) is 25.6 Å². The number of aliphatic hydroxyl groups excluding tert-OH is 1. The van der Waals surface area contributed by atoms with E-state index in [4.69, 9.17) is 9.84 Å². The first-order valence-corrected chi connectivity index (χ1v) is 4.82. The van der Waals surface area contributed by atoms with E-state index in [-0.39, 0.29) is 18.5 Å². The Hall–Kier alpha value is -0.930. The lowest BCUT2D eigenvalue weighted by Crippen LogP contribution is -2.02. The highest BCUT2D eigenvalue weighted by atomic mass is 19.1. The number of hydrogen-bond acceptors (Lipinski definition) is 2. The van der Waals surface area contributed by atoms with Gasteiger partial charge in [0.25, 0.3) is 0 Å². The monoisotopic (exact) mass is 196 g/mol. The van der Waals surface area contributed by atoms with Gasteiger partial charge < -0.3 is 9.84 Å². The van der Waals surface area contributed by atoms with Crippen LogP contribution in [0.15, 0.2) is 18.2 Å². The summed E-state index contributed by atoms with van der Waals surface area (Å²) < 4.78 is 18.5. The van der Waals surface area contributed by atoms with Gasteiger partial charge in [-0.25, -0.2) is 4.39 Å². The average molecular weight is 196 g/mol. The summed E-state index contributed by atoms with van der Waals surface area (Å²) in [6, 6.07) is 4.44. The molecule has 3 heteroatoms. The van der Waals surface area contributed by atoms with Crippen LogP contribution in [-0.2, 0) is 11.3 Å². The van der Waals surface area contributed by atoms with E-state index in [1.165, 1.54) is 12.1 Å². The molecule has 1 aliphatic heterocycles. The number of hydrogen-bond donors (Lipinski definition) is 1. The molecule has 0 spiro atoms. The van der Waals surface area contributed by atoms with Crippen LogP contribution in [0.2, 0.25) is 0 Å². The third kappa shape index (κ3) is 1.79. The fourth-order valence-corrected chi connectivity index (χ4v) is 1.83. The molecular formula is C11H13FO2. The smallest absolute Gasteiger partial charge is 0.123 e. The molecule has 0 bridgehead atoms. The molecule has 2 rings (SSSR count). The third-order valence-corrected chi connectivity index (χ3v) is 2.55. The van der Waals surface area contributed by atoms with E-state index < -0.39 is 0 Å². The maximum absolute atomic E-state index is 13.0.